The van der Waals surface area contributed by atoms with E-state index in [-0.39, 0.29) is 10.6 Å². The van der Waals surface area contributed by atoms with Crippen molar-refractivity contribution in [2.24, 2.45) is 10.2 Å². The van der Waals surface area contributed by atoms with Gasteiger partial charge in [0.05, 0.1) is 23.4 Å². The van der Waals surface area contributed by atoms with Gasteiger partial charge in [-0.05, 0) is 35.7 Å². The molecular weight excluding hydrogens is 657 g/mol. The summed E-state index contributed by atoms with van der Waals surface area (Å²) >= 11 is 0.843. The maximum absolute atomic E-state index is 12.1. The molecule has 0 fully saturated rings. The van der Waals surface area contributed by atoms with E-state index in [0.29, 0.717) is 12.1 Å². The minimum Gasteiger partial charge on any atom is -0.505 e. The van der Waals surface area contributed by atoms with E-state index in [1.165, 1.54) is 6.07 Å². The monoisotopic (exact) mass is 674 g/mol. The van der Waals surface area contributed by atoms with Crippen LogP contribution in [0.4, 0.5) is 22.7 Å². The number of benzene rings is 3. The zero-order chi connectivity index (χ0) is 31.1. The van der Waals surface area contributed by atoms with Gasteiger partial charge in [-0.15, -0.1) is 22.0 Å². The molecule has 0 spiro atoms. The van der Waals surface area contributed by atoms with Gasteiger partial charge in [0, 0.05) is 10.6 Å². The van der Waals surface area contributed by atoms with Crippen molar-refractivity contribution in [3.05, 3.63) is 30.3 Å². The molecule has 0 atom stereocenters. The standard InChI is InChI=1S/C18H18N4O14S5/c19-15-12(39(27,28)29)5-8-6-13(40(30,31)32)17(18(23)14(8)16(15)20)22-21-10-2-1-9(7-11(10)38(24,25)26)37-4-3-36-41(33,34)35/h1-2,5-7,23H,3-4,19-20H2,(H,24,25,26)(H,27,28,29)(H,30,31,32)(H,33,34,35). The molecule has 18 nitrogen and oxygen atoms in total. The van der Waals surface area contributed by atoms with Crippen LogP contribution < -0.4 is 11.5 Å². The normalized spacial score (nSPS) is 13.3. The molecule has 0 aromatic heterocycles. The molecule has 23 heteroatoms. The minimum absolute atomic E-state index is 0.0991. The Morgan fingerprint density at radius 1 is 0.756 bits per heavy atom. The second-order valence-corrected chi connectivity index (χ2v) is 14.2. The molecule has 0 aliphatic heterocycles. The summed E-state index contributed by atoms with van der Waals surface area (Å²) in [5.41, 5.74) is 8.51. The molecule has 0 amide bonds. The van der Waals surface area contributed by atoms with Crippen LogP contribution in [-0.4, -0.2) is 69.3 Å². The Balaban J connectivity index is 2.18. The summed E-state index contributed by atoms with van der Waals surface area (Å²) in [5, 5.41) is 17.0. The molecule has 0 aliphatic rings. The van der Waals surface area contributed by atoms with Crippen LogP contribution in [0.25, 0.3) is 10.8 Å². The number of rotatable bonds is 10. The summed E-state index contributed by atoms with van der Waals surface area (Å²) in [7, 11) is -19.9. The van der Waals surface area contributed by atoms with Gasteiger partial charge in [-0.2, -0.15) is 33.7 Å². The third-order valence-corrected chi connectivity index (χ3v) is 9.05. The lowest BCUT2D eigenvalue weighted by Gasteiger charge is -2.14. The van der Waals surface area contributed by atoms with Crippen LogP contribution in [0.1, 0.15) is 0 Å². The fourth-order valence-corrected chi connectivity index (χ4v) is 6.53. The number of nitrogen functional groups attached to an aromatic ring is 2. The predicted molar refractivity (Wildman–Crippen MR) is 143 cm³/mol. The maximum atomic E-state index is 12.1. The van der Waals surface area contributed by atoms with Gasteiger partial charge in [-0.25, -0.2) is 4.18 Å². The molecule has 0 heterocycles. The number of phenolic OH excluding ortho intramolecular Hbond substituents is 1. The number of hydrogen-bond acceptors (Lipinski definition) is 15. The average molecular weight is 675 g/mol. The summed E-state index contributed by atoms with van der Waals surface area (Å²) in [4.78, 5) is -2.80. The zero-order valence-electron chi connectivity index (χ0n) is 19.8. The first-order chi connectivity index (χ1) is 18.6. The van der Waals surface area contributed by atoms with Crippen LogP contribution in [0.2, 0.25) is 0 Å². The van der Waals surface area contributed by atoms with Crippen molar-refractivity contribution in [3.8, 4) is 5.75 Å². The zero-order valence-corrected chi connectivity index (χ0v) is 23.9. The molecule has 0 saturated heterocycles. The van der Waals surface area contributed by atoms with Crippen molar-refractivity contribution < 1.29 is 61.2 Å². The number of phenols is 1. The number of fused-ring (bicyclic) bond motifs is 1. The first-order valence-corrected chi connectivity index (χ1v) is 16.9. The van der Waals surface area contributed by atoms with Crippen molar-refractivity contribution in [1.29, 1.82) is 0 Å². The van der Waals surface area contributed by atoms with E-state index in [2.05, 4.69) is 14.4 Å². The highest BCUT2D eigenvalue weighted by Gasteiger charge is 2.27. The predicted octanol–water partition coefficient (Wildman–Crippen LogP) is 1.78. The van der Waals surface area contributed by atoms with Gasteiger partial charge in [0.15, 0.2) is 5.75 Å². The van der Waals surface area contributed by atoms with Crippen molar-refractivity contribution in [1.82, 2.24) is 0 Å². The van der Waals surface area contributed by atoms with Gasteiger partial charge < -0.3 is 16.6 Å². The Bertz CT molecular complexity index is 2030. The minimum atomic E-state index is -5.23. The number of nitrogens with two attached hydrogens (primary N) is 2. The maximum Gasteiger partial charge on any atom is 0.397 e. The number of azo groups is 1. The molecule has 3 aromatic carbocycles. The van der Waals surface area contributed by atoms with Crippen molar-refractivity contribution >= 4 is 86.0 Å². The van der Waals surface area contributed by atoms with Crippen LogP contribution >= 0.6 is 11.8 Å². The quantitative estimate of drug-likeness (QED) is 0.0529. The van der Waals surface area contributed by atoms with E-state index in [1.807, 2.05) is 0 Å². The van der Waals surface area contributed by atoms with Gasteiger partial charge in [-0.3, -0.25) is 18.2 Å². The molecule has 0 aliphatic carbocycles. The van der Waals surface area contributed by atoms with E-state index in [0.717, 1.165) is 23.9 Å². The molecular formula is C18H18N4O14S5. The fourth-order valence-electron chi connectivity index (χ4n) is 3.32. The van der Waals surface area contributed by atoms with Crippen LogP contribution in [0.5, 0.6) is 5.75 Å². The SMILES string of the molecule is Nc1c(S(=O)(=O)O)cc2cc(S(=O)(=O)O)c(N=Nc3ccc(SCCOS(=O)(=O)O)cc3S(=O)(=O)O)c(O)c2c1N. The molecule has 3 aromatic rings. The smallest absolute Gasteiger partial charge is 0.397 e. The molecule has 41 heavy (non-hydrogen) atoms. The topological polar surface area (TPSA) is 324 Å². The summed E-state index contributed by atoms with van der Waals surface area (Å²) in [6.45, 7) is -0.495. The third-order valence-electron chi connectivity index (χ3n) is 4.99. The lowest BCUT2D eigenvalue weighted by Crippen LogP contribution is -2.07. The van der Waals surface area contributed by atoms with E-state index in [4.69, 9.17) is 16.0 Å². The van der Waals surface area contributed by atoms with E-state index >= 15 is 0 Å². The first kappa shape index (κ1) is 32.4. The van der Waals surface area contributed by atoms with E-state index in [1.54, 1.807) is 0 Å². The first-order valence-electron chi connectivity index (χ1n) is 10.2. The average Bonchev–Trinajstić information content (AvgIpc) is 2.80. The van der Waals surface area contributed by atoms with Gasteiger partial charge in [0.25, 0.3) is 30.4 Å². The van der Waals surface area contributed by atoms with Crippen LogP contribution in [0, 0.1) is 0 Å². The largest absolute Gasteiger partial charge is 0.505 e. The van der Waals surface area contributed by atoms with Crippen molar-refractivity contribution in [2.45, 2.75) is 19.6 Å². The Morgan fingerprint density at radius 2 is 1.32 bits per heavy atom. The number of hydrogen-bond donors (Lipinski definition) is 7. The summed E-state index contributed by atoms with van der Waals surface area (Å²) in [6, 6.07) is 4.41. The highest BCUT2D eigenvalue weighted by atomic mass is 32.3. The van der Waals surface area contributed by atoms with Crippen LogP contribution in [-0.2, 0) is 44.9 Å². The molecule has 0 radical (unpaired) electrons. The summed E-state index contributed by atoms with van der Waals surface area (Å²) < 4.78 is 134. The second-order valence-electron chi connectivity index (χ2n) is 7.72. The fraction of sp³-hybridized carbons (Fsp3) is 0.111. The third kappa shape index (κ3) is 7.59. The molecule has 0 bridgehead atoms. The highest BCUT2D eigenvalue weighted by Crippen LogP contribution is 2.46. The second kappa shape index (κ2) is 11.3. The molecule has 224 valence electrons. The van der Waals surface area contributed by atoms with Gasteiger partial charge in [0.2, 0.25) is 0 Å². The Kier molecular flexibility index (Phi) is 8.90. The highest BCUT2D eigenvalue weighted by molar-refractivity contribution is 7.99. The molecule has 9 N–H and O–H groups in total. The number of nitrogens with zero attached hydrogens (tertiary/aromatic N) is 2. The van der Waals surface area contributed by atoms with Crippen molar-refractivity contribution in [2.75, 3.05) is 23.8 Å². The van der Waals surface area contributed by atoms with Crippen molar-refractivity contribution in [3.63, 3.8) is 0 Å². The Morgan fingerprint density at radius 3 is 1.85 bits per heavy atom. The van der Waals surface area contributed by atoms with Gasteiger partial charge in [-0.1, -0.05) is 0 Å². The lowest BCUT2D eigenvalue weighted by molar-refractivity contribution is 0.285. The molecule has 0 saturated carbocycles. The summed E-state index contributed by atoms with van der Waals surface area (Å²) in [5.74, 6) is -1.19. The number of aromatic hydroxyl groups is 1. The Labute approximate surface area is 236 Å². The number of thioether (sulfide) groups is 1. The lowest BCUT2D eigenvalue weighted by atomic mass is 10.1. The van der Waals surface area contributed by atoms with E-state index < -0.39 is 101 Å². The summed E-state index contributed by atoms with van der Waals surface area (Å²) in [6.07, 6.45) is 0. The van der Waals surface area contributed by atoms with Crippen LogP contribution in [0.15, 0.2) is 60.1 Å². The molecule has 0 unspecified atom stereocenters. The van der Waals surface area contributed by atoms with Gasteiger partial charge in [0.1, 0.15) is 26.1 Å². The van der Waals surface area contributed by atoms with Gasteiger partial charge >= 0.3 is 10.4 Å². The number of anilines is 2. The van der Waals surface area contributed by atoms with Crippen LogP contribution in [0.3, 0.4) is 0 Å². The van der Waals surface area contributed by atoms with E-state index in [9.17, 15) is 52.4 Å². The molecule has 3 rings (SSSR count). The Hall–Kier alpha value is -3.13.